The van der Waals surface area contributed by atoms with E-state index >= 15 is 0 Å². The molecule has 1 aliphatic rings. The minimum Gasteiger partial charge on any atom is -0.491 e. The Kier molecular flexibility index (Phi) is 6.20. The predicted molar refractivity (Wildman–Crippen MR) is 93.7 cm³/mol. The number of ether oxygens (including phenoxy) is 2. The Balaban J connectivity index is 1.53. The molecule has 0 radical (unpaired) electrons. The summed E-state index contributed by atoms with van der Waals surface area (Å²) in [7, 11) is 0. The molecule has 0 amide bonds. The maximum absolute atomic E-state index is 14.0. The van der Waals surface area contributed by atoms with Crippen molar-refractivity contribution in [3.63, 3.8) is 0 Å². The van der Waals surface area contributed by atoms with Crippen LogP contribution in [0.4, 0.5) is 13.2 Å². The van der Waals surface area contributed by atoms with Gasteiger partial charge in [0.05, 0.1) is 19.3 Å². The molecule has 1 aliphatic carbocycles. The lowest BCUT2D eigenvalue weighted by Crippen LogP contribution is -2.21. The van der Waals surface area contributed by atoms with Gasteiger partial charge in [0.15, 0.2) is 23.2 Å². The van der Waals surface area contributed by atoms with Crippen LogP contribution in [0.1, 0.15) is 49.7 Å². The summed E-state index contributed by atoms with van der Waals surface area (Å²) in [4.78, 5) is 0. The maximum Gasteiger partial charge on any atom is 0.165 e. The van der Waals surface area contributed by atoms with E-state index < -0.39 is 11.6 Å². The Morgan fingerprint density at radius 3 is 2.42 bits per heavy atom. The fourth-order valence-electron chi connectivity index (χ4n) is 3.47. The highest BCUT2D eigenvalue weighted by Crippen LogP contribution is 2.35. The summed E-state index contributed by atoms with van der Waals surface area (Å²) in [5.41, 5.74) is 1.21. The number of benzene rings is 2. The van der Waals surface area contributed by atoms with Gasteiger partial charge in [0.25, 0.3) is 0 Å². The molecule has 2 aromatic rings. The van der Waals surface area contributed by atoms with Crippen LogP contribution in [0.3, 0.4) is 0 Å². The third-order valence-corrected chi connectivity index (χ3v) is 4.91. The van der Waals surface area contributed by atoms with Gasteiger partial charge in [-0.1, -0.05) is 18.2 Å². The summed E-state index contributed by atoms with van der Waals surface area (Å²) in [6.45, 7) is 2.32. The summed E-state index contributed by atoms with van der Waals surface area (Å²) >= 11 is 0. The van der Waals surface area contributed by atoms with Crippen LogP contribution in [0.15, 0.2) is 36.4 Å². The molecule has 2 aromatic carbocycles. The number of hydrogen-bond acceptors (Lipinski definition) is 2. The molecule has 0 aliphatic heterocycles. The van der Waals surface area contributed by atoms with Gasteiger partial charge in [-0.05, 0) is 62.3 Å². The number of hydrogen-bond donors (Lipinski definition) is 0. The first-order chi connectivity index (χ1) is 12.6. The van der Waals surface area contributed by atoms with Crippen LogP contribution in [0, 0.1) is 17.5 Å². The van der Waals surface area contributed by atoms with E-state index in [1.807, 2.05) is 13.0 Å². The highest BCUT2D eigenvalue weighted by atomic mass is 19.2. The van der Waals surface area contributed by atoms with Crippen molar-refractivity contribution in [2.24, 2.45) is 0 Å². The van der Waals surface area contributed by atoms with Crippen LogP contribution in [0.25, 0.3) is 0 Å². The second kappa shape index (κ2) is 8.58. The van der Waals surface area contributed by atoms with Crippen molar-refractivity contribution in [2.45, 2.75) is 51.2 Å². The normalized spacial score (nSPS) is 20.2. The van der Waals surface area contributed by atoms with Crippen molar-refractivity contribution in [1.82, 2.24) is 0 Å². The van der Waals surface area contributed by atoms with Crippen molar-refractivity contribution in [1.29, 1.82) is 0 Å². The lowest BCUT2D eigenvalue weighted by atomic mass is 9.82. The second-order valence-electron chi connectivity index (χ2n) is 6.62. The lowest BCUT2D eigenvalue weighted by Gasteiger charge is -2.29. The zero-order chi connectivity index (χ0) is 18.5. The molecule has 0 spiro atoms. The molecule has 0 unspecified atom stereocenters. The van der Waals surface area contributed by atoms with E-state index in [4.69, 9.17) is 9.47 Å². The van der Waals surface area contributed by atoms with E-state index in [2.05, 4.69) is 0 Å². The van der Waals surface area contributed by atoms with Gasteiger partial charge >= 0.3 is 0 Å². The van der Waals surface area contributed by atoms with Crippen molar-refractivity contribution in [3.05, 3.63) is 65.0 Å². The van der Waals surface area contributed by atoms with Crippen LogP contribution in [-0.2, 0) is 11.3 Å². The van der Waals surface area contributed by atoms with Gasteiger partial charge < -0.3 is 9.47 Å². The molecule has 0 aromatic heterocycles. The predicted octanol–water partition coefficient (Wildman–Crippen LogP) is 5.75. The van der Waals surface area contributed by atoms with Crippen LogP contribution in [0.2, 0.25) is 0 Å². The van der Waals surface area contributed by atoms with Crippen LogP contribution < -0.4 is 4.74 Å². The average Bonchev–Trinajstić information content (AvgIpc) is 2.65. The number of halogens is 3. The molecule has 2 nitrogen and oxygen atoms in total. The molecular weight excluding hydrogens is 341 g/mol. The van der Waals surface area contributed by atoms with Crippen LogP contribution in [-0.4, -0.2) is 12.7 Å². The Bertz CT molecular complexity index is 740. The highest BCUT2D eigenvalue weighted by Gasteiger charge is 2.24. The van der Waals surface area contributed by atoms with E-state index in [1.165, 1.54) is 12.1 Å². The lowest BCUT2D eigenvalue weighted by molar-refractivity contribution is 0.0118. The minimum absolute atomic E-state index is 0.0152. The molecule has 0 bridgehead atoms. The molecule has 0 atom stereocenters. The summed E-state index contributed by atoms with van der Waals surface area (Å²) in [5.74, 6) is -1.46. The summed E-state index contributed by atoms with van der Waals surface area (Å²) in [5, 5.41) is 0. The number of rotatable bonds is 6. The Morgan fingerprint density at radius 2 is 1.73 bits per heavy atom. The Hall–Kier alpha value is -2.01. The zero-order valence-corrected chi connectivity index (χ0v) is 14.8. The maximum atomic E-state index is 14.0. The topological polar surface area (TPSA) is 18.5 Å². The fraction of sp³-hybridized carbons (Fsp3) is 0.429. The van der Waals surface area contributed by atoms with Crippen molar-refractivity contribution in [3.8, 4) is 5.75 Å². The van der Waals surface area contributed by atoms with E-state index in [9.17, 15) is 13.2 Å². The van der Waals surface area contributed by atoms with Gasteiger partial charge in [-0.15, -0.1) is 0 Å². The van der Waals surface area contributed by atoms with E-state index in [0.29, 0.717) is 6.61 Å². The van der Waals surface area contributed by atoms with Gasteiger partial charge in [-0.3, -0.25) is 0 Å². The van der Waals surface area contributed by atoms with Crippen LogP contribution >= 0.6 is 0 Å². The Morgan fingerprint density at radius 1 is 0.962 bits per heavy atom. The molecule has 0 heterocycles. The standard InChI is InChI=1S/C21H23F3O2/c1-2-25-20-11-8-15(12-19(20)23)14-6-9-17(10-7-14)26-13-16-4-3-5-18(22)21(16)24/h3-5,8,11-12,14,17H,2,6-7,9-10,13H2,1H3. The molecule has 1 saturated carbocycles. The summed E-state index contributed by atoms with van der Waals surface area (Å²) in [6, 6.07) is 9.27. The van der Waals surface area contributed by atoms with Gasteiger partial charge in [-0.25, -0.2) is 13.2 Å². The zero-order valence-electron chi connectivity index (χ0n) is 14.8. The first-order valence-corrected chi connectivity index (χ1v) is 9.05. The summed E-state index contributed by atoms with van der Waals surface area (Å²) in [6.07, 6.45) is 3.40. The first-order valence-electron chi connectivity index (χ1n) is 9.05. The third-order valence-electron chi connectivity index (χ3n) is 4.91. The quantitative estimate of drug-likeness (QED) is 0.650. The van der Waals surface area contributed by atoms with Crippen LogP contribution in [0.5, 0.6) is 5.75 Å². The molecule has 140 valence electrons. The molecule has 0 saturated heterocycles. The SMILES string of the molecule is CCOc1ccc(C2CCC(OCc3cccc(F)c3F)CC2)cc1F. The fourth-order valence-corrected chi connectivity index (χ4v) is 3.47. The van der Waals surface area contributed by atoms with Gasteiger partial charge in [0.1, 0.15) is 0 Å². The molecule has 0 N–H and O–H groups in total. The van der Waals surface area contributed by atoms with Crippen molar-refractivity contribution in [2.75, 3.05) is 6.61 Å². The minimum atomic E-state index is -0.854. The third kappa shape index (κ3) is 4.39. The molecular formula is C21H23F3O2. The van der Waals surface area contributed by atoms with E-state index in [-0.39, 0.29) is 35.8 Å². The highest BCUT2D eigenvalue weighted by molar-refractivity contribution is 5.31. The first kappa shape index (κ1) is 18.8. The van der Waals surface area contributed by atoms with Gasteiger partial charge in [-0.2, -0.15) is 0 Å². The molecule has 1 fully saturated rings. The van der Waals surface area contributed by atoms with E-state index in [1.54, 1.807) is 12.1 Å². The smallest absolute Gasteiger partial charge is 0.165 e. The molecule has 26 heavy (non-hydrogen) atoms. The summed E-state index contributed by atoms with van der Waals surface area (Å²) < 4.78 is 51.9. The molecule has 3 rings (SSSR count). The molecule has 5 heteroatoms. The van der Waals surface area contributed by atoms with Gasteiger partial charge in [0.2, 0.25) is 0 Å². The average molecular weight is 364 g/mol. The van der Waals surface area contributed by atoms with Crippen molar-refractivity contribution >= 4 is 0 Å². The Labute approximate surface area is 151 Å². The van der Waals surface area contributed by atoms with E-state index in [0.717, 1.165) is 37.3 Å². The monoisotopic (exact) mass is 364 g/mol. The van der Waals surface area contributed by atoms with Gasteiger partial charge in [0, 0.05) is 5.56 Å². The second-order valence-corrected chi connectivity index (χ2v) is 6.62. The largest absolute Gasteiger partial charge is 0.491 e. The van der Waals surface area contributed by atoms with Crippen molar-refractivity contribution < 1.29 is 22.6 Å².